The van der Waals surface area contributed by atoms with E-state index in [1.807, 2.05) is 25.1 Å². The van der Waals surface area contributed by atoms with Crippen molar-refractivity contribution in [2.45, 2.75) is 12.6 Å². The van der Waals surface area contributed by atoms with Crippen LogP contribution in [0.15, 0.2) is 53.4 Å². The van der Waals surface area contributed by atoms with Crippen LogP contribution in [-0.4, -0.2) is 54.7 Å². The van der Waals surface area contributed by atoms with Gasteiger partial charge in [-0.3, -0.25) is 5.32 Å². The van der Waals surface area contributed by atoms with E-state index in [9.17, 15) is 13.2 Å². The molecule has 4 rings (SSSR count). The standard InChI is InChI=1S/C21H24F3N7/c1-21(25-2)13-18(27-17-12-15(23)14(22)11-16(17)24)28-20(29-21)31-9-7-30(8-10-31)19-5-3-4-6-26-19/h3-6,11-13,25,27H,7-10H2,1-2H3,(H,28,29). The molecule has 0 aliphatic carbocycles. The van der Waals surface area contributed by atoms with Crippen molar-refractivity contribution in [1.29, 1.82) is 0 Å². The summed E-state index contributed by atoms with van der Waals surface area (Å²) in [5, 5.41) is 9.07. The first-order valence-corrected chi connectivity index (χ1v) is 9.98. The number of nitrogens with zero attached hydrogens (tertiary/aromatic N) is 4. The number of likely N-dealkylation sites (N-methyl/N-ethyl adjacent to an activating group) is 1. The minimum atomic E-state index is -1.23. The molecule has 3 N–H and O–H groups in total. The van der Waals surface area contributed by atoms with Crippen molar-refractivity contribution in [1.82, 2.24) is 20.5 Å². The lowest BCUT2D eigenvalue weighted by Crippen LogP contribution is -2.56. The van der Waals surface area contributed by atoms with Crippen molar-refractivity contribution in [3.8, 4) is 0 Å². The van der Waals surface area contributed by atoms with Crippen molar-refractivity contribution < 1.29 is 13.2 Å². The fourth-order valence-corrected chi connectivity index (χ4v) is 3.51. The average Bonchev–Trinajstić information content (AvgIpc) is 2.78. The molecular formula is C21H24F3N7. The fourth-order valence-electron chi connectivity index (χ4n) is 3.51. The first-order chi connectivity index (χ1) is 14.9. The number of piperazine rings is 1. The molecule has 10 heteroatoms. The number of pyridine rings is 1. The second-order valence-electron chi connectivity index (χ2n) is 7.55. The van der Waals surface area contributed by atoms with E-state index < -0.39 is 23.1 Å². The molecule has 2 aromatic rings. The van der Waals surface area contributed by atoms with Gasteiger partial charge in [-0.25, -0.2) is 23.1 Å². The maximum Gasteiger partial charge on any atom is 0.201 e. The highest BCUT2D eigenvalue weighted by Gasteiger charge is 2.29. The van der Waals surface area contributed by atoms with Crippen molar-refractivity contribution in [3.63, 3.8) is 0 Å². The molecule has 0 spiro atoms. The molecule has 2 aliphatic rings. The smallest absolute Gasteiger partial charge is 0.201 e. The second kappa shape index (κ2) is 8.46. The third kappa shape index (κ3) is 4.58. The van der Waals surface area contributed by atoms with Crippen LogP contribution in [-0.2, 0) is 0 Å². The van der Waals surface area contributed by atoms with Gasteiger partial charge in [-0.1, -0.05) is 6.07 Å². The molecule has 1 atom stereocenters. The Morgan fingerprint density at radius 1 is 1.00 bits per heavy atom. The van der Waals surface area contributed by atoms with Gasteiger partial charge in [0.05, 0.1) is 5.69 Å². The first kappa shape index (κ1) is 21.0. The quantitative estimate of drug-likeness (QED) is 0.647. The number of halogens is 3. The van der Waals surface area contributed by atoms with E-state index in [-0.39, 0.29) is 5.69 Å². The number of nitrogens with one attached hydrogen (secondary N) is 3. The van der Waals surface area contributed by atoms with Gasteiger partial charge in [-0.15, -0.1) is 0 Å². The third-order valence-electron chi connectivity index (χ3n) is 5.35. The monoisotopic (exact) mass is 431 g/mol. The number of guanidine groups is 1. The van der Waals surface area contributed by atoms with E-state index in [0.717, 1.165) is 25.0 Å². The number of aromatic nitrogens is 1. The van der Waals surface area contributed by atoms with Gasteiger partial charge in [0.1, 0.15) is 23.1 Å². The lowest BCUT2D eigenvalue weighted by atomic mass is 10.1. The summed E-state index contributed by atoms with van der Waals surface area (Å²) in [7, 11) is 1.76. The Balaban J connectivity index is 1.49. The number of aliphatic imine (C=N–C) groups is 1. The van der Waals surface area contributed by atoms with Crippen molar-refractivity contribution >= 4 is 17.5 Å². The third-order valence-corrected chi connectivity index (χ3v) is 5.35. The van der Waals surface area contributed by atoms with Crippen LogP contribution in [0.2, 0.25) is 0 Å². The minimum Gasteiger partial charge on any atom is -0.353 e. The number of rotatable bonds is 4. The predicted molar refractivity (Wildman–Crippen MR) is 114 cm³/mol. The van der Waals surface area contributed by atoms with Gasteiger partial charge >= 0.3 is 0 Å². The van der Waals surface area contributed by atoms with Gasteiger partial charge < -0.3 is 20.4 Å². The Hall–Kier alpha value is -3.27. The van der Waals surface area contributed by atoms with Crippen LogP contribution in [0.1, 0.15) is 6.92 Å². The molecule has 2 aliphatic heterocycles. The van der Waals surface area contributed by atoms with Crippen molar-refractivity contribution in [2.75, 3.05) is 43.4 Å². The molecule has 1 unspecified atom stereocenters. The molecule has 0 bridgehead atoms. The van der Waals surface area contributed by atoms with Crippen LogP contribution in [0, 0.1) is 17.5 Å². The van der Waals surface area contributed by atoms with E-state index in [2.05, 4.69) is 30.7 Å². The molecule has 31 heavy (non-hydrogen) atoms. The minimum absolute atomic E-state index is 0.169. The molecule has 0 amide bonds. The average molecular weight is 431 g/mol. The summed E-state index contributed by atoms with van der Waals surface area (Å²) in [5.74, 6) is -1.31. The van der Waals surface area contributed by atoms with Gasteiger partial charge in [0, 0.05) is 44.5 Å². The van der Waals surface area contributed by atoms with Crippen LogP contribution in [0.3, 0.4) is 0 Å². The van der Waals surface area contributed by atoms with Gasteiger partial charge in [0.25, 0.3) is 0 Å². The van der Waals surface area contributed by atoms with Crippen molar-refractivity contribution in [3.05, 3.63) is 65.9 Å². The highest BCUT2D eigenvalue weighted by molar-refractivity contribution is 5.84. The maximum absolute atomic E-state index is 14.1. The van der Waals surface area contributed by atoms with Crippen LogP contribution in [0.25, 0.3) is 0 Å². The topological polar surface area (TPSA) is 67.8 Å². The van der Waals surface area contributed by atoms with Crippen LogP contribution in [0.4, 0.5) is 24.7 Å². The lowest BCUT2D eigenvalue weighted by molar-refractivity contribution is 0.361. The van der Waals surface area contributed by atoms with Gasteiger partial charge in [0.15, 0.2) is 11.6 Å². The molecule has 164 valence electrons. The molecular weight excluding hydrogens is 407 g/mol. The molecule has 0 saturated carbocycles. The largest absolute Gasteiger partial charge is 0.353 e. The van der Waals surface area contributed by atoms with E-state index in [1.54, 1.807) is 19.3 Å². The number of anilines is 2. The summed E-state index contributed by atoms with van der Waals surface area (Å²) in [6.07, 6.45) is 3.49. The Morgan fingerprint density at radius 3 is 2.39 bits per heavy atom. The van der Waals surface area contributed by atoms with E-state index in [1.165, 1.54) is 0 Å². The van der Waals surface area contributed by atoms with Gasteiger partial charge in [-0.2, -0.15) is 0 Å². The highest BCUT2D eigenvalue weighted by atomic mass is 19.2. The SMILES string of the molecule is CNC1(C)C=C(Nc2cc(F)c(F)cc2F)NC(N2CCN(c3ccccn3)CC2)=N1. The van der Waals surface area contributed by atoms with Gasteiger partial charge in [-0.05, 0) is 32.2 Å². The zero-order valence-corrected chi connectivity index (χ0v) is 17.3. The molecule has 1 saturated heterocycles. The Labute approximate surface area is 178 Å². The molecule has 0 radical (unpaired) electrons. The molecule has 3 heterocycles. The zero-order valence-electron chi connectivity index (χ0n) is 17.3. The number of hydrogen-bond donors (Lipinski definition) is 3. The highest BCUT2D eigenvalue weighted by Crippen LogP contribution is 2.23. The zero-order chi connectivity index (χ0) is 22.0. The Kier molecular flexibility index (Phi) is 5.73. The molecule has 7 nitrogen and oxygen atoms in total. The van der Waals surface area contributed by atoms with Crippen molar-refractivity contribution in [2.24, 2.45) is 4.99 Å². The molecule has 1 aromatic heterocycles. The first-order valence-electron chi connectivity index (χ1n) is 9.98. The summed E-state index contributed by atoms with van der Waals surface area (Å²) < 4.78 is 41.0. The van der Waals surface area contributed by atoms with Gasteiger partial charge in [0.2, 0.25) is 5.96 Å². The number of hydrogen-bond acceptors (Lipinski definition) is 7. The summed E-state index contributed by atoms with van der Waals surface area (Å²) in [4.78, 5) is 13.4. The Bertz CT molecular complexity index is 1000. The van der Waals surface area contributed by atoms with E-state index >= 15 is 0 Å². The fraction of sp³-hybridized carbons (Fsp3) is 0.333. The normalized spacial score (nSPS) is 21.3. The van der Waals surface area contributed by atoms with E-state index in [4.69, 9.17) is 4.99 Å². The number of benzene rings is 1. The maximum atomic E-state index is 14.1. The molecule has 1 aromatic carbocycles. The lowest BCUT2D eigenvalue weighted by Gasteiger charge is -2.40. The van der Waals surface area contributed by atoms with Crippen LogP contribution < -0.4 is 20.9 Å². The summed E-state index contributed by atoms with van der Waals surface area (Å²) in [5.41, 5.74) is -0.937. The van der Waals surface area contributed by atoms with Crippen LogP contribution in [0.5, 0.6) is 0 Å². The summed E-state index contributed by atoms with van der Waals surface area (Å²) >= 11 is 0. The second-order valence-corrected chi connectivity index (χ2v) is 7.55. The molecule has 1 fully saturated rings. The van der Waals surface area contributed by atoms with E-state index in [0.29, 0.717) is 30.9 Å². The van der Waals surface area contributed by atoms with Crippen LogP contribution >= 0.6 is 0 Å². The Morgan fingerprint density at radius 2 is 1.71 bits per heavy atom. The summed E-state index contributed by atoms with van der Waals surface area (Å²) in [6.45, 7) is 4.79. The summed E-state index contributed by atoms with van der Waals surface area (Å²) in [6, 6.07) is 7.13. The predicted octanol–water partition coefficient (Wildman–Crippen LogP) is 2.47.